The first kappa shape index (κ1) is 29.6. The summed E-state index contributed by atoms with van der Waals surface area (Å²) in [4.78, 5) is 2.35. The number of hydrogen-bond donors (Lipinski definition) is 0. The first-order valence-electron chi connectivity index (χ1n) is 18.0. The zero-order chi connectivity index (χ0) is 34.9. The fourth-order valence-corrected chi connectivity index (χ4v) is 8.13. The molecule has 0 atom stereocenters. The third-order valence-corrected chi connectivity index (χ3v) is 10.7. The van der Waals surface area contributed by atoms with Crippen LogP contribution >= 0.6 is 0 Å². The molecular weight excluding hydrogens is 647 g/mol. The highest BCUT2D eigenvalue weighted by Crippen LogP contribution is 2.46. The lowest BCUT2D eigenvalue weighted by atomic mass is 9.96. The predicted octanol–water partition coefficient (Wildman–Crippen LogP) is 14.6. The van der Waals surface area contributed by atoms with E-state index >= 15 is 0 Å². The summed E-state index contributed by atoms with van der Waals surface area (Å²) >= 11 is 0. The Morgan fingerprint density at radius 1 is 0.340 bits per heavy atom. The monoisotopic (exact) mass is 677 g/mol. The Bertz CT molecular complexity index is 3180. The molecule has 0 aliphatic heterocycles. The lowest BCUT2D eigenvalue weighted by Gasteiger charge is -2.28. The summed E-state index contributed by atoms with van der Waals surface area (Å²) < 4.78 is 13.1. The second-order valence-electron chi connectivity index (χ2n) is 13.7. The van der Waals surface area contributed by atoms with Gasteiger partial charge in [0.05, 0.1) is 5.69 Å². The quantitative estimate of drug-likeness (QED) is 0.182. The number of rotatable bonds is 5. The number of anilines is 3. The van der Waals surface area contributed by atoms with Crippen molar-refractivity contribution in [3.05, 3.63) is 188 Å². The second kappa shape index (κ2) is 11.7. The lowest BCUT2D eigenvalue weighted by Crippen LogP contribution is -2.11. The van der Waals surface area contributed by atoms with Crippen LogP contribution in [0.5, 0.6) is 0 Å². The molecule has 0 saturated carbocycles. The molecule has 2 aromatic heterocycles. The minimum atomic E-state index is 0.855. The van der Waals surface area contributed by atoms with Gasteiger partial charge in [-0.15, -0.1) is 0 Å². The summed E-state index contributed by atoms with van der Waals surface area (Å²) in [6.07, 6.45) is 0. The molecule has 0 amide bonds. The molecule has 9 aromatic carbocycles. The highest BCUT2D eigenvalue weighted by Gasteiger charge is 2.22. The van der Waals surface area contributed by atoms with Gasteiger partial charge in [-0.2, -0.15) is 0 Å². The van der Waals surface area contributed by atoms with Crippen LogP contribution in [0.25, 0.3) is 87.7 Å². The maximum atomic E-state index is 6.63. The minimum absolute atomic E-state index is 0.855. The maximum Gasteiger partial charge on any atom is 0.143 e. The summed E-state index contributed by atoms with van der Waals surface area (Å²) in [5, 5.41) is 9.20. The van der Waals surface area contributed by atoms with Gasteiger partial charge >= 0.3 is 0 Å². The molecule has 11 rings (SSSR count). The number of hydrogen-bond acceptors (Lipinski definition) is 3. The standard InChI is InChI=1S/C50H31NO2/c1-2-12-35-30-36(21-20-32(35)10-1)33-22-25-37(26-23-33)51(38-27-29-42-41-15-6-8-18-46(41)52-48(42)31-38)45-17-7-5-14-40(45)43-16-9-19-47-49(43)44-28-24-34-11-3-4-13-39(34)50(44)53-47/h1-31H. The first-order chi connectivity index (χ1) is 26.3. The minimum Gasteiger partial charge on any atom is -0.456 e. The van der Waals surface area contributed by atoms with E-state index in [1.807, 2.05) is 12.1 Å². The third kappa shape index (κ3) is 4.75. The van der Waals surface area contributed by atoms with Gasteiger partial charge in [-0.3, -0.25) is 0 Å². The molecule has 0 fully saturated rings. The molecule has 2 heterocycles. The molecule has 11 aromatic rings. The lowest BCUT2D eigenvalue weighted by molar-refractivity contribution is 0.669. The van der Waals surface area contributed by atoms with E-state index in [9.17, 15) is 0 Å². The smallest absolute Gasteiger partial charge is 0.143 e. The molecule has 3 nitrogen and oxygen atoms in total. The van der Waals surface area contributed by atoms with Crippen molar-refractivity contribution in [2.24, 2.45) is 0 Å². The molecule has 0 aliphatic carbocycles. The maximum absolute atomic E-state index is 6.63. The fraction of sp³-hybridized carbons (Fsp3) is 0. The van der Waals surface area contributed by atoms with Gasteiger partial charge in [-0.05, 0) is 87.4 Å². The zero-order valence-corrected chi connectivity index (χ0v) is 28.7. The van der Waals surface area contributed by atoms with Crippen molar-refractivity contribution in [2.75, 3.05) is 4.90 Å². The third-order valence-electron chi connectivity index (χ3n) is 10.7. The van der Waals surface area contributed by atoms with Crippen molar-refractivity contribution >= 4 is 82.5 Å². The molecule has 0 radical (unpaired) electrons. The average molecular weight is 678 g/mol. The molecule has 0 bridgehead atoms. The van der Waals surface area contributed by atoms with Crippen LogP contribution in [0, 0.1) is 0 Å². The van der Waals surface area contributed by atoms with Crippen LogP contribution in [0.1, 0.15) is 0 Å². The van der Waals surface area contributed by atoms with E-state index in [-0.39, 0.29) is 0 Å². The van der Waals surface area contributed by atoms with Crippen molar-refractivity contribution in [3.63, 3.8) is 0 Å². The van der Waals surface area contributed by atoms with Gasteiger partial charge < -0.3 is 13.7 Å². The van der Waals surface area contributed by atoms with E-state index in [1.165, 1.54) is 27.3 Å². The van der Waals surface area contributed by atoms with Gasteiger partial charge in [0, 0.05) is 49.9 Å². The van der Waals surface area contributed by atoms with Crippen LogP contribution in [0.15, 0.2) is 197 Å². The van der Waals surface area contributed by atoms with Crippen molar-refractivity contribution in [3.8, 4) is 22.3 Å². The summed E-state index contributed by atoms with van der Waals surface area (Å²) in [6.45, 7) is 0. The van der Waals surface area contributed by atoms with E-state index in [2.05, 4.69) is 181 Å². The van der Waals surface area contributed by atoms with Crippen LogP contribution in [0.2, 0.25) is 0 Å². The Kier molecular flexibility index (Phi) is 6.55. The molecule has 53 heavy (non-hydrogen) atoms. The Morgan fingerprint density at radius 2 is 0.981 bits per heavy atom. The van der Waals surface area contributed by atoms with Gasteiger partial charge in [0.2, 0.25) is 0 Å². The van der Waals surface area contributed by atoms with Crippen molar-refractivity contribution in [1.29, 1.82) is 0 Å². The van der Waals surface area contributed by atoms with Gasteiger partial charge in [0.15, 0.2) is 0 Å². The molecule has 0 N–H and O–H groups in total. The van der Waals surface area contributed by atoms with Crippen molar-refractivity contribution in [1.82, 2.24) is 0 Å². The molecule has 248 valence electrons. The van der Waals surface area contributed by atoms with E-state index < -0.39 is 0 Å². The van der Waals surface area contributed by atoms with Crippen molar-refractivity contribution in [2.45, 2.75) is 0 Å². The SMILES string of the molecule is c1ccc(N(c2ccc(-c3ccc4ccccc4c3)cc2)c2ccc3c(c2)oc2ccccc23)c(-c2cccc3oc4c5ccccc5ccc4c23)c1. The topological polar surface area (TPSA) is 29.5 Å². The number of fused-ring (bicyclic) bond motifs is 9. The van der Waals surface area contributed by atoms with E-state index in [4.69, 9.17) is 8.83 Å². The second-order valence-corrected chi connectivity index (χ2v) is 13.7. The Labute approximate surface area is 305 Å². The van der Waals surface area contributed by atoms with Crippen molar-refractivity contribution < 1.29 is 8.83 Å². The Morgan fingerprint density at radius 3 is 1.89 bits per heavy atom. The van der Waals surface area contributed by atoms with Gasteiger partial charge in [0.25, 0.3) is 0 Å². The Hall–Kier alpha value is -7.10. The van der Waals surface area contributed by atoms with E-state index in [0.29, 0.717) is 0 Å². The van der Waals surface area contributed by atoms with Crippen LogP contribution < -0.4 is 4.90 Å². The van der Waals surface area contributed by atoms with E-state index in [1.54, 1.807) is 0 Å². The van der Waals surface area contributed by atoms with E-state index in [0.717, 1.165) is 77.5 Å². The predicted molar refractivity (Wildman–Crippen MR) is 222 cm³/mol. The summed E-state index contributed by atoms with van der Waals surface area (Å²) in [6, 6.07) is 66.8. The molecule has 0 aliphatic rings. The van der Waals surface area contributed by atoms with Gasteiger partial charge in [-0.25, -0.2) is 0 Å². The number of nitrogens with zero attached hydrogens (tertiary/aromatic N) is 1. The molecule has 3 heteroatoms. The normalized spacial score (nSPS) is 11.8. The van der Waals surface area contributed by atoms with Crippen LogP contribution in [-0.2, 0) is 0 Å². The largest absolute Gasteiger partial charge is 0.456 e. The molecule has 0 saturated heterocycles. The average Bonchev–Trinajstić information content (AvgIpc) is 3.80. The Balaban J connectivity index is 1.12. The molecule has 0 spiro atoms. The zero-order valence-electron chi connectivity index (χ0n) is 28.7. The van der Waals surface area contributed by atoms with Gasteiger partial charge in [-0.1, -0.05) is 127 Å². The van der Waals surface area contributed by atoms with Crippen LogP contribution in [-0.4, -0.2) is 0 Å². The molecular formula is C50H31NO2. The number of para-hydroxylation sites is 2. The van der Waals surface area contributed by atoms with Crippen LogP contribution in [0.4, 0.5) is 17.1 Å². The number of benzene rings is 9. The number of furan rings is 2. The molecule has 0 unspecified atom stereocenters. The highest BCUT2D eigenvalue weighted by atomic mass is 16.3. The first-order valence-corrected chi connectivity index (χ1v) is 18.0. The summed E-state index contributed by atoms with van der Waals surface area (Å²) in [5.41, 5.74) is 11.2. The summed E-state index contributed by atoms with van der Waals surface area (Å²) in [7, 11) is 0. The fourth-order valence-electron chi connectivity index (χ4n) is 8.13. The summed E-state index contributed by atoms with van der Waals surface area (Å²) in [5.74, 6) is 0. The van der Waals surface area contributed by atoms with Crippen LogP contribution in [0.3, 0.4) is 0 Å². The van der Waals surface area contributed by atoms with Gasteiger partial charge in [0.1, 0.15) is 22.3 Å². The highest BCUT2D eigenvalue weighted by molar-refractivity contribution is 6.20.